The first-order valence-electron chi connectivity index (χ1n) is 12.6. The van der Waals surface area contributed by atoms with Gasteiger partial charge in [-0.3, -0.25) is 9.59 Å². The Balaban J connectivity index is 1.51. The van der Waals surface area contributed by atoms with Crippen molar-refractivity contribution in [1.82, 2.24) is 4.90 Å². The lowest BCUT2D eigenvalue weighted by Gasteiger charge is -2.25. The molecule has 1 amide bonds. The number of carboxylic acids is 1. The number of hydrogen-bond donors (Lipinski definition) is 1. The molecule has 5 nitrogen and oxygen atoms in total. The Morgan fingerprint density at radius 1 is 1.05 bits per heavy atom. The van der Waals surface area contributed by atoms with Gasteiger partial charge in [0.05, 0.1) is 6.42 Å². The third-order valence-corrected chi connectivity index (χ3v) is 7.20. The molecule has 37 heavy (non-hydrogen) atoms. The Morgan fingerprint density at radius 3 is 2.41 bits per heavy atom. The molecule has 4 rings (SSSR count). The monoisotopic (exact) mass is 519 g/mol. The molecule has 1 unspecified atom stereocenters. The first kappa shape index (κ1) is 26.7. The van der Waals surface area contributed by atoms with Crippen molar-refractivity contribution >= 4 is 23.5 Å². The summed E-state index contributed by atoms with van der Waals surface area (Å²) in [4.78, 5) is 26.3. The van der Waals surface area contributed by atoms with Crippen molar-refractivity contribution in [2.75, 3.05) is 6.54 Å². The van der Waals surface area contributed by atoms with E-state index in [4.69, 9.17) is 16.3 Å². The normalized spacial score (nSPS) is 16.7. The fraction of sp³-hybridized carbons (Fsp3) is 0.355. The van der Waals surface area contributed by atoms with Gasteiger partial charge in [-0.15, -0.1) is 0 Å². The number of benzene rings is 3. The number of ether oxygens (including phenoxy) is 1. The molecule has 0 bridgehead atoms. The smallest absolute Gasteiger partial charge is 0.305 e. The van der Waals surface area contributed by atoms with E-state index in [1.54, 1.807) is 17.0 Å². The fourth-order valence-corrected chi connectivity index (χ4v) is 5.00. The first-order chi connectivity index (χ1) is 17.4. The van der Waals surface area contributed by atoms with Crippen molar-refractivity contribution in [1.29, 1.82) is 0 Å². The van der Waals surface area contributed by atoms with Crippen LogP contribution in [0.4, 0.5) is 0 Å². The minimum Gasteiger partial charge on any atom is -0.487 e. The molecule has 0 spiro atoms. The van der Waals surface area contributed by atoms with Crippen LogP contribution in [0.1, 0.15) is 66.7 Å². The van der Waals surface area contributed by atoms with Crippen LogP contribution in [0.2, 0.25) is 5.02 Å². The molecule has 0 aliphatic carbocycles. The molecule has 0 fully saturated rings. The van der Waals surface area contributed by atoms with Gasteiger partial charge in [-0.2, -0.15) is 0 Å². The Bertz CT molecular complexity index is 1300. The van der Waals surface area contributed by atoms with Crippen LogP contribution in [0.5, 0.6) is 5.75 Å². The summed E-state index contributed by atoms with van der Waals surface area (Å²) in [5, 5.41) is 9.76. The lowest BCUT2D eigenvalue weighted by atomic mass is 9.85. The van der Waals surface area contributed by atoms with Crippen LogP contribution in [-0.2, 0) is 29.6 Å². The highest BCUT2D eigenvalue weighted by atomic mass is 35.5. The maximum atomic E-state index is 13.5. The van der Waals surface area contributed by atoms with E-state index in [0.717, 1.165) is 23.3 Å². The lowest BCUT2D eigenvalue weighted by Crippen LogP contribution is -2.33. The summed E-state index contributed by atoms with van der Waals surface area (Å²) in [7, 11) is 0. The molecule has 3 aromatic rings. The first-order valence-corrected chi connectivity index (χ1v) is 13.0. The number of aliphatic carboxylic acids is 1. The highest BCUT2D eigenvalue weighted by Gasteiger charge is 2.35. The molecule has 1 N–H and O–H groups in total. The topological polar surface area (TPSA) is 66.8 Å². The average molecular weight is 520 g/mol. The molecule has 1 aliphatic rings. The largest absolute Gasteiger partial charge is 0.487 e. The molecule has 1 atom stereocenters. The van der Waals surface area contributed by atoms with E-state index in [9.17, 15) is 14.7 Å². The summed E-state index contributed by atoms with van der Waals surface area (Å²) in [6.45, 7) is 9.04. The van der Waals surface area contributed by atoms with Crippen molar-refractivity contribution in [3.8, 4) is 5.75 Å². The Morgan fingerprint density at radius 2 is 1.76 bits per heavy atom. The van der Waals surface area contributed by atoms with Crippen molar-refractivity contribution in [2.45, 2.75) is 64.5 Å². The second kappa shape index (κ2) is 10.6. The van der Waals surface area contributed by atoms with Crippen LogP contribution in [0.25, 0.3) is 0 Å². The van der Waals surface area contributed by atoms with E-state index in [2.05, 4.69) is 52.0 Å². The molecule has 6 heteroatoms. The lowest BCUT2D eigenvalue weighted by molar-refractivity contribution is -0.137. The zero-order valence-electron chi connectivity index (χ0n) is 21.9. The predicted octanol–water partition coefficient (Wildman–Crippen LogP) is 6.69. The van der Waals surface area contributed by atoms with Gasteiger partial charge in [-0.25, -0.2) is 0 Å². The van der Waals surface area contributed by atoms with E-state index in [-0.39, 0.29) is 30.8 Å². The maximum Gasteiger partial charge on any atom is 0.305 e. The Labute approximate surface area is 224 Å². The van der Waals surface area contributed by atoms with Crippen molar-refractivity contribution in [3.05, 3.63) is 99.6 Å². The quantitative estimate of drug-likeness (QED) is 0.360. The molecule has 3 aromatic carbocycles. The minimum atomic E-state index is -0.953. The van der Waals surface area contributed by atoms with Crippen molar-refractivity contribution in [3.63, 3.8) is 0 Å². The SMILES string of the molecule is CC1(Cc2ccc(C(C)(C)C)cc2)Cc2cc(C(=O)N(CCC(=O)O)Cc3ccccc3Cl)ccc2O1. The zero-order valence-corrected chi connectivity index (χ0v) is 22.6. The number of nitrogens with zero attached hydrogens (tertiary/aromatic N) is 1. The minimum absolute atomic E-state index is 0.0925. The van der Waals surface area contributed by atoms with Crippen LogP contribution < -0.4 is 4.74 Å². The molecule has 0 aromatic heterocycles. The molecular formula is C31H34ClNO4. The van der Waals surface area contributed by atoms with Gasteiger partial charge in [0.2, 0.25) is 0 Å². The highest BCUT2D eigenvalue weighted by Crippen LogP contribution is 2.38. The maximum absolute atomic E-state index is 13.5. The van der Waals surface area contributed by atoms with Crippen molar-refractivity contribution < 1.29 is 19.4 Å². The van der Waals surface area contributed by atoms with E-state index >= 15 is 0 Å². The number of hydrogen-bond acceptors (Lipinski definition) is 3. The number of carbonyl (C=O) groups excluding carboxylic acids is 1. The summed E-state index contributed by atoms with van der Waals surface area (Å²) in [6.07, 6.45) is 1.30. The molecule has 194 valence electrons. The number of halogens is 1. The van der Waals surface area contributed by atoms with Crippen LogP contribution in [0.3, 0.4) is 0 Å². The molecule has 0 saturated heterocycles. The summed E-state index contributed by atoms with van der Waals surface area (Å²) < 4.78 is 6.36. The van der Waals surface area contributed by atoms with E-state index in [1.807, 2.05) is 30.3 Å². The molecular weight excluding hydrogens is 486 g/mol. The summed E-state index contributed by atoms with van der Waals surface area (Å²) in [5.41, 5.74) is 4.47. The third kappa shape index (κ3) is 6.53. The molecule has 0 radical (unpaired) electrons. The Hall–Kier alpha value is -3.31. The van der Waals surface area contributed by atoms with E-state index in [1.165, 1.54) is 11.1 Å². The number of carboxylic acid groups (broad SMARTS) is 1. The molecule has 0 saturated carbocycles. The second-order valence-electron chi connectivity index (χ2n) is 11.1. The fourth-order valence-electron chi connectivity index (χ4n) is 4.81. The standard InChI is InChI=1S/C31H34ClNO4/c1-30(2,3)25-12-9-21(10-13-25)18-31(4)19-24-17-22(11-14-27(24)37-31)29(36)33(16-15-28(34)35)20-23-7-5-6-8-26(23)32/h5-14,17H,15-16,18-20H2,1-4H3,(H,34,35). The van der Waals surface area contributed by atoms with E-state index < -0.39 is 11.6 Å². The zero-order chi connectivity index (χ0) is 26.8. The van der Waals surface area contributed by atoms with Crippen LogP contribution >= 0.6 is 11.6 Å². The van der Waals surface area contributed by atoms with Gasteiger partial charge < -0.3 is 14.7 Å². The van der Waals surface area contributed by atoms with Gasteiger partial charge in [0.15, 0.2) is 0 Å². The van der Waals surface area contributed by atoms with Crippen LogP contribution in [0.15, 0.2) is 66.7 Å². The van der Waals surface area contributed by atoms with Gasteiger partial charge in [0.1, 0.15) is 11.4 Å². The Kier molecular flexibility index (Phi) is 7.65. The van der Waals surface area contributed by atoms with Gasteiger partial charge >= 0.3 is 5.97 Å². The molecule has 1 heterocycles. The van der Waals surface area contributed by atoms with E-state index in [0.29, 0.717) is 17.0 Å². The number of carbonyl (C=O) groups is 2. The van der Waals surface area contributed by atoms with Gasteiger partial charge in [0.25, 0.3) is 5.91 Å². The predicted molar refractivity (Wildman–Crippen MR) is 146 cm³/mol. The van der Waals surface area contributed by atoms with Gasteiger partial charge in [-0.1, -0.05) is 74.8 Å². The third-order valence-electron chi connectivity index (χ3n) is 6.83. The summed E-state index contributed by atoms with van der Waals surface area (Å²) in [6, 6.07) is 21.5. The van der Waals surface area contributed by atoms with Crippen LogP contribution in [0, 0.1) is 0 Å². The number of fused-ring (bicyclic) bond motifs is 1. The summed E-state index contributed by atoms with van der Waals surface area (Å²) >= 11 is 6.32. The highest BCUT2D eigenvalue weighted by molar-refractivity contribution is 6.31. The van der Waals surface area contributed by atoms with Gasteiger partial charge in [-0.05, 0) is 58.9 Å². The number of amides is 1. The second-order valence-corrected chi connectivity index (χ2v) is 11.5. The molecule has 1 aliphatic heterocycles. The average Bonchev–Trinajstić information content (AvgIpc) is 3.16. The number of rotatable bonds is 8. The van der Waals surface area contributed by atoms with Gasteiger partial charge in [0, 0.05) is 36.5 Å². The summed E-state index contributed by atoms with van der Waals surface area (Å²) in [5.74, 6) is -0.394. The van der Waals surface area contributed by atoms with Crippen molar-refractivity contribution in [2.24, 2.45) is 0 Å². The van der Waals surface area contributed by atoms with Crippen LogP contribution in [-0.4, -0.2) is 34.0 Å².